The number of carbonyl (C=O) groups excluding carboxylic acids is 12. The summed E-state index contributed by atoms with van der Waals surface area (Å²) in [5.74, 6) is -2.09. The molecule has 6 aromatic carbocycles. The monoisotopic (exact) mass is 1820 g/mol. The van der Waals surface area contributed by atoms with E-state index in [0.717, 1.165) is 73.1 Å². The second kappa shape index (κ2) is 58.1. The first-order chi connectivity index (χ1) is 62.1. The molecule has 2 aliphatic heterocycles. The van der Waals surface area contributed by atoms with Gasteiger partial charge in [0.25, 0.3) is 65.0 Å². The summed E-state index contributed by atoms with van der Waals surface area (Å²) in [6.45, 7) is 23.1. The summed E-state index contributed by atoms with van der Waals surface area (Å²) in [6.07, 6.45) is 8.77. The van der Waals surface area contributed by atoms with Crippen molar-refractivity contribution < 1.29 is 112 Å². The number of carbonyl (C=O) groups is 12. The number of aryl methyl sites for hydroxylation is 4. The van der Waals surface area contributed by atoms with Gasteiger partial charge in [-0.15, -0.1) is 0 Å². The zero-order chi connectivity index (χ0) is 95.9. The molecule has 11 amide bonds. The Balaban J connectivity index is 0.000000333. The first-order valence-corrected chi connectivity index (χ1v) is 43.0. The molecule has 131 heavy (non-hydrogen) atoms. The van der Waals surface area contributed by atoms with Crippen LogP contribution in [0, 0.1) is 41.5 Å². The normalized spacial score (nSPS) is 12.8. The molecule has 2 fully saturated rings. The highest BCUT2D eigenvalue weighted by molar-refractivity contribution is 6.07. The summed E-state index contributed by atoms with van der Waals surface area (Å²) in [4.78, 5) is 146. The Morgan fingerprint density at radius 3 is 1.00 bits per heavy atom. The van der Waals surface area contributed by atoms with Crippen molar-refractivity contribution in [3.05, 3.63) is 258 Å². The number of Topliss-reactive ketones (excluding diaryl/α,β-unsaturated/α-hetero) is 1. The van der Waals surface area contributed by atoms with Gasteiger partial charge in [0.2, 0.25) is 0 Å². The molecular formula is C97H131N11O23. The van der Waals surface area contributed by atoms with Crippen LogP contribution in [0.15, 0.2) is 155 Å². The smallest absolute Gasteiger partial charge is 0.252 e. The van der Waals surface area contributed by atoms with Crippen molar-refractivity contribution in [3.8, 4) is 0 Å². The average molecular weight is 1820 g/mol. The van der Waals surface area contributed by atoms with Gasteiger partial charge < -0.3 is 113 Å². The van der Waals surface area contributed by atoms with Crippen LogP contribution in [0.5, 0.6) is 0 Å². The fraction of sp³-hybridized carbons (Fsp3) is 0.423. The SMILES string of the molecule is C.CC(C)(CO)NC(=O)c1cccc(C(=O)NC(C)(C)CO)c1.CCCNC(=O)c1cc(C(=O)NCCO)cc(C(=O)NCCO)c1.Cc1cc(C)c(C(=O)NCC2CCCO2)c(C)c1C(=O)NCC1CCCO1.Cc1cc(C)c(C(=O)NCc2ccco2)c(C)c1C(=O)NCc1ccco1.O=C(CCCO)c1cccc(C(=O)NCCO)c1.O=C(NCCO)c1ccccc1. The average Bonchev–Trinajstić information content (AvgIpc) is 1.71. The Kier molecular flexibility index (Phi) is 49.1. The van der Waals surface area contributed by atoms with Crippen molar-refractivity contribution in [3.63, 3.8) is 0 Å². The number of aliphatic hydroxyl groups excluding tert-OH is 7. The lowest BCUT2D eigenvalue weighted by molar-refractivity contribution is 0.0848. The Morgan fingerprint density at radius 1 is 0.351 bits per heavy atom. The third-order valence-electron chi connectivity index (χ3n) is 19.9. The van der Waals surface area contributed by atoms with Crippen LogP contribution in [0.3, 0.4) is 0 Å². The van der Waals surface area contributed by atoms with E-state index in [-0.39, 0.29) is 168 Å². The van der Waals surface area contributed by atoms with Crippen LogP contribution in [-0.4, -0.2) is 235 Å². The second-order valence-corrected chi connectivity index (χ2v) is 31.7. The zero-order valence-electron chi connectivity index (χ0n) is 75.9. The first kappa shape index (κ1) is 111. The van der Waals surface area contributed by atoms with Gasteiger partial charge in [-0.1, -0.05) is 62.9 Å². The summed E-state index contributed by atoms with van der Waals surface area (Å²) in [5, 5.41) is 91.4. The fourth-order valence-corrected chi connectivity index (χ4v) is 13.2. The summed E-state index contributed by atoms with van der Waals surface area (Å²) in [7, 11) is 0. The van der Waals surface area contributed by atoms with Gasteiger partial charge in [-0.2, -0.15) is 0 Å². The van der Waals surface area contributed by atoms with E-state index in [9.17, 15) is 67.7 Å². The number of hydrogen-bond donors (Lipinski definition) is 18. The minimum absolute atomic E-state index is 0. The van der Waals surface area contributed by atoms with E-state index in [0.29, 0.717) is 113 Å². The molecule has 2 atom stereocenters. The van der Waals surface area contributed by atoms with Gasteiger partial charge >= 0.3 is 0 Å². The van der Waals surface area contributed by atoms with Crippen molar-refractivity contribution in [1.82, 2.24) is 58.5 Å². The van der Waals surface area contributed by atoms with Gasteiger partial charge in [-0.25, -0.2) is 0 Å². The minimum Gasteiger partial charge on any atom is -0.467 e. The molecule has 2 unspecified atom stereocenters. The van der Waals surface area contributed by atoms with Crippen LogP contribution in [-0.2, 0) is 22.6 Å². The first-order valence-electron chi connectivity index (χ1n) is 43.0. The van der Waals surface area contributed by atoms with Crippen LogP contribution in [0.25, 0.3) is 0 Å². The van der Waals surface area contributed by atoms with E-state index >= 15 is 0 Å². The molecule has 4 heterocycles. The maximum Gasteiger partial charge on any atom is 0.252 e. The van der Waals surface area contributed by atoms with Gasteiger partial charge in [-0.3, -0.25) is 57.5 Å². The summed E-state index contributed by atoms with van der Waals surface area (Å²) < 4.78 is 21.6. The molecule has 0 bridgehead atoms. The molecule has 2 saturated heterocycles. The lowest BCUT2D eigenvalue weighted by atomic mass is 9.92. The van der Waals surface area contributed by atoms with E-state index < -0.39 is 22.9 Å². The lowest BCUT2D eigenvalue weighted by Crippen LogP contribution is -2.47. The van der Waals surface area contributed by atoms with Crippen LogP contribution >= 0.6 is 0 Å². The molecule has 0 aliphatic carbocycles. The maximum absolute atomic E-state index is 12.8. The molecule has 712 valence electrons. The Bertz CT molecular complexity index is 4700. The number of aliphatic hydroxyl groups is 7. The van der Waals surface area contributed by atoms with Crippen molar-refractivity contribution in [2.75, 3.05) is 105 Å². The van der Waals surface area contributed by atoms with Gasteiger partial charge in [0.15, 0.2) is 5.78 Å². The van der Waals surface area contributed by atoms with Crippen LogP contribution in [0.1, 0.15) is 256 Å². The van der Waals surface area contributed by atoms with E-state index in [2.05, 4.69) is 58.5 Å². The Morgan fingerprint density at radius 2 is 0.672 bits per heavy atom. The molecule has 10 rings (SSSR count). The number of hydrogen-bond acceptors (Lipinski definition) is 23. The standard InChI is InChI=1S/C21H30N2O4.C21H22N2O4.C16H23N3O5.C16H24N2O4.C13H17NO4.C9H11NO2.CH4/c2*1-13-10-14(2)19(21(25)23-12-17-7-5-9-27-17)15(3)18(13)20(24)22-11-16-6-4-8-26-16;1-2-3-17-14(22)11-8-12(15(23)18-4-6-20)10-13(9-11)16(24)19-5-7-21;1-15(2,9-19)17-13(21)11-6-5-7-12(8-11)14(22)18-16(3,4)10-20;15-7-2-5-12(17)10-3-1-4-11(9-10)13(18)14-6-8-16;11-7-6-10-9(12)8-4-2-1-3-5-8;/h10,16-17H,4-9,11-12H2,1-3H3,(H,22,24)(H,23,25);4-10H,11-12H2,1-3H3,(H,22,24)(H,23,25);8-10,20-21H,2-7H2,1H3,(H,17,22)(H,18,23)(H,19,24);5-8,19-20H,9-10H2,1-4H3,(H,17,21)(H,18,22);1,3-4,9,15-16H,2,5-8H2,(H,14,18);1-5,11H,6-7H2,(H,10,12);1H4. The maximum atomic E-state index is 12.8. The molecular weight excluding hydrogens is 1690 g/mol. The van der Waals surface area contributed by atoms with Crippen molar-refractivity contribution in [1.29, 1.82) is 0 Å². The quantitative estimate of drug-likeness (QED) is 0.0168. The predicted octanol–water partition coefficient (Wildman–Crippen LogP) is 7.45. The number of ether oxygens (including phenoxy) is 2. The minimum atomic E-state index is -0.742. The molecule has 0 spiro atoms. The van der Waals surface area contributed by atoms with Gasteiger partial charge in [0.1, 0.15) is 11.5 Å². The number of benzene rings is 6. The highest BCUT2D eigenvalue weighted by Crippen LogP contribution is 2.26. The molecule has 0 radical (unpaired) electrons. The predicted molar refractivity (Wildman–Crippen MR) is 494 cm³/mol. The number of amides is 11. The van der Waals surface area contributed by atoms with E-state index in [1.807, 2.05) is 59.7 Å². The number of furan rings is 2. The molecule has 34 nitrogen and oxygen atoms in total. The molecule has 18 N–H and O–H groups in total. The number of rotatable bonds is 37. The van der Waals surface area contributed by atoms with E-state index in [1.165, 1.54) is 30.3 Å². The van der Waals surface area contributed by atoms with Gasteiger partial charge in [0.05, 0.1) is 88.5 Å². The largest absolute Gasteiger partial charge is 0.467 e. The third kappa shape index (κ3) is 37.8. The molecule has 0 saturated carbocycles. The lowest BCUT2D eigenvalue weighted by Gasteiger charge is -2.24. The number of ketones is 1. The molecule has 8 aromatic rings. The van der Waals surface area contributed by atoms with Crippen molar-refractivity contribution in [2.24, 2.45) is 0 Å². The topological polar surface area (TPSA) is 524 Å². The third-order valence-corrected chi connectivity index (χ3v) is 19.9. The Hall–Kier alpha value is -12.6. The zero-order valence-corrected chi connectivity index (χ0v) is 75.9. The summed E-state index contributed by atoms with van der Waals surface area (Å²) >= 11 is 0. The fourth-order valence-electron chi connectivity index (χ4n) is 13.2. The molecule has 2 aromatic heterocycles. The van der Waals surface area contributed by atoms with E-state index in [4.69, 9.17) is 43.8 Å². The molecule has 2 aliphatic rings. The Labute approximate surface area is 765 Å². The summed E-state index contributed by atoms with van der Waals surface area (Å²) in [6, 6.07) is 36.6. The molecule has 34 heteroatoms. The van der Waals surface area contributed by atoms with Gasteiger partial charge in [0, 0.05) is 139 Å². The van der Waals surface area contributed by atoms with Crippen LogP contribution in [0.2, 0.25) is 0 Å². The highest BCUT2D eigenvalue weighted by Gasteiger charge is 2.28. The van der Waals surface area contributed by atoms with Crippen LogP contribution < -0.4 is 58.5 Å². The summed E-state index contributed by atoms with van der Waals surface area (Å²) in [5.41, 5.74) is 8.08. The number of nitrogens with one attached hydrogen (secondary N) is 11. The van der Waals surface area contributed by atoms with Crippen molar-refractivity contribution in [2.45, 2.75) is 165 Å². The van der Waals surface area contributed by atoms with E-state index in [1.54, 1.807) is 132 Å². The highest BCUT2D eigenvalue weighted by atomic mass is 16.5. The second-order valence-electron chi connectivity index (χ2n) is 31.7. The van der Waals surface area contributed by atoms with Gasteiger partial charge in [-0.05, 0) is 226 Å². The van der Waals surface area contributed by atoms with Crippen LogP contribution in [0.4, 0.5) is 0 Å². The van der Waals surface area contributed by atoms with Crippen molar-refractivity contribution >= 4 is 70.8 Å².